The highest BCUT2D eigenvalue weighted by Crippen LogP contribution is 2.32. The minimum atomic E-state index is -0.233. The Balaban J connectivity index is 1.29. The number of nitrogens with zero attached hydrogens (tertiary/aromatic N) is 2. The van der Waals surface area contributed by atoms with Crippen molar-refractivity contribution in [1.82, 2.24) is 15.1 Å². The van der Waals surface area contributed by atoms with Crippen molar-refractivity contribution in [3.05, 3.63) is 35.6 Å². The average molecular weight is 345 g/mol. The lowest BCUT2D eigenvalue weighted by molar-refractivity contribution is 0.190. The number of benzene rings is 1. The third-order valence-electron chi connectivity index (χ3n) is 5.67. The fourth-order valence-corrected chi connectivity index (χ4v) is 3.79. The van der Waals surface area contributed by atoms with Crippen LogP contribution in [0.3, 0.4) is 0 Å². The van der Waals surface area contributed by atoms with E-state index >= 15 is 0 Å². The lowest BCUT2D eigenvalue weighted by Crippen LogP contribution is -2.42. The van der Waals surface area contributed by atoms with Crippen molar-refractivity contribution in [2.45, 2.75) is 44.7 Å². The summed E-state index contributed by atoms with van der Waals surface area (Å²) in [4.78, 5) is 17.2. The van der Waals surface area contributed by atoms with Gasteiger partial charge >= 0.3 is 6.03 Å². The summed E-state index contributed by atoms with van der Waals surface area (Å²) >= 11 is 0. The molecule has 25 heavy (non-hydrogen) atoms. The minimum Gasteiger partial charge on any atom is -0.338 e. The first-order valence-corrected chi connectivity index (χ1v) is 9.68. The molecule has 3 fully saturated rings. The van der Waals surface area contributed by atoms with Gasteiger partial charge in [-0.05, 0) is 68.2 Å². The van der Waals surface area contributed by atoms with Gasteiger partial charge in [-0.2, -0.15) is 0 Å². The van der Waals surface area contributed by atoms with Crippen molar-refractivity contribution >= 4 is 6.03 Å². The molecule has 1 aliphatic heterocycles. The molecule has 1 saturated heterocycles. The van der Waals surface area contributed by atoms with Crippen molar-refractivity contribution in [1.29, 1.82) is 0 Å². The summed E-state index contributed by atoms with van der Waals surface area (Å²) in [5, 5.41) is 3.16. The second kappa shape index (κ2) is 7.32. The summed E-state index contributed by atoms with van der Waals surface area (Å²) in [6.45, 7) is 4.45. The van der Waals surface area contributed by atoms with E-state index in [2.05, 4.69) is 10.2 Å². The molecule has 0 aromatic heterocycles. The van der Waals surface area contributed by atoms with Crippen LogP contribution in [0.25, 0.3) is 0 Å². The van der Waals surface area contributed by atoms with Gasteiger partial charge in [-0.3, -0.25) is 0 Å². The van der Waals surface area contributed by atoms with E-state index < -0.39 is 0 Å². The molecule has 3 aliphatic rings. The smallest absolute Gasteiger partial charge is 0.317 e. The van der Waals surface area contributed by atoms with E-state index in [0.29, 0.717) is 18.4 Å². The predicted molar refractivity (Wildman–Crippen MR) is 95.6 cm³/mol. The molecule has 0 bridgehead atoms. The van der Waals surface area contributed by atoms with Crippen molar-refractivity contribution in [2.24, 2.45) is 11.8 Å². The summed E-state index contributed by atoms with van der Waals surface area (Å²) in [6, 6.07) is 7.33. The van der Waals surface area contributed by atoms with Crippen molar-refractivity contribution in [3.8, 4) is 0 Å². The van der Waals surface area contributed by atoms with Crippen molar-refractivity contribution in [3.63, 3.8) is 0 Å². The topological polar surface area (TPSA) is 35.6 Å². The summed E-state index contributed by atoms with van der Waals surface area (Å²) < 4.78 is 13.1. The number of hydrogen-bond donors (Lipinski definition) is 1. The molecular formula is C20H28FN3O. The van der Waals surface area contributed by atoms with E-state index in [4.69, 9.17) is 0 Å². The lowest BCUT2D eigenvalue weighted by Gasteiger charge is -2.24. The van der Waals surface area contributed by atoms with Gasteiger partial charge in [0.05, 0.1) is 0 Å². The molecule has 4 rings (SSSR count). The number of rotatable bonds is 7. The van der Waals surface area contributed by atoms with E-state index in [-0.39, 0.29) is 11.8 Å². The summed E-state index contributed by atoms with van der Waals surface area (Å²) in [5.74, 6) is 0.990. The number of carbonyl (C=O) groups excluding carboxylic acids is 1. The molecule has 1 heterocycles. The molecule has 1 aromatic rings. The monoisotopic (exact) mass is 345 g/mol. The second-order valence-corrected chi connectivity index (χ2v) is 8.02. The Kier molecular flexibility index (Phi) is 4.93. The van der Waals surface area contributed by atoms with Crippen molar-refractivity contribution in [2.75, 3.05) is 26.2 Å². The molecule has 1 N–H and O–H groups in total. The Morgan fingerprint density at radius 2 is 1.88 bits per heavy atom. The van der Waals surface area contributed by atoms with Crippen LogP contribution < -0.4 is 5.32 Å². The Bertz CT molecular complexity index is 597. The fraction of sp³-hybridized carbons (Fsp3) is 0.650. The van der Waals surface area contributed by atoms with Gasteiger partial charge in [0.2, 0.25) is 0 Å². The van der Waals surface area contributed by atoms with Crippen LogP contribution in [-0.2, 0) is 6.54 Å². The van der Waals surface area contributed by atoms with Crippen LogP contribution in [0.15, 0.2) is 24.3 Å². The molecular weight excluding hydrogens is 317 g/mol. The summed E-state index contributed by atoms with van der Waals surface area (Å²) in [5.41, 5.74) is 0.984. The van der Waals surface area contributed by atoms with Crippen LogP contribution in [0, 0.1) is 17.7 Å². The molecule has 1 atom stereocenters. The standard InChI is InChI=1S/C20H28FN3O/c21-18-5-3-16(4-6-18)13-24(12-15-1-2-15)20(25)22-11-17-9-10-23(14-17)19-7-8-19/h3-6,15,17,19H,1-2,7-14H2,(H,22,25)/t17-/m1/s1. The summed E-state index contributed by atoms with van der Waals surface area (Å²) in [6.07, 6.45) is 6.33. The van der Waals surface area contributed by atoms with E-state index in [1.54, 1.807) is 12.1 Å². The maximum Gasteiger partial charge on any atom is 0.317 e. The van der Waals surface area contributed by atoms with E-state index in [0.717, 1.165) is 31.2 Å². The minimum absolute atomic E-state index is 0.0288. The molecule has 2 aliphatic carbocycles. The quantitative estimate of drug-likeness (QED) is 0.823. The summed E-state index contributed by atoms with van der Waals surface area (Å²) in [7, 11) is 0. The molecule has 136 valence electrons. The van der Waals surface area contributed by atoms with Crippen LogP contribution in [0.2, 0.25) is 0 Å². The molecule has 0 radical (unpaired) electrons. The van der Waals surface area contributed by atoms with Gasteiger partial charge in [-0.15, -0.1) is 0 Å². The lowest BCUT2D eigenvalue weighted by atomic mass is 10.1. The van der Waals surface area contributed by atoms with Gasteiger partial charge in [-0.25, -0.2) is 9.18 Å². The first-order valence-electron chi connectivity index (χ1n) is 9.68. The highest BCUT2D eigenvalue weighted by atomic mass is 19.1. The van der Waals surface area contributed by atoms with Gasteiger partial charge in [0, 0.05) is 32.2 Å². The van der Waals surface area contributed by atoms with Crippen LogP contribution in [0.1, 0.15) is 37.7 Å². The van der Waals surface area contributed by atoms with E-state index in [9.17, 15) is 9.18 Å². The van der Waals surface area contributed by atoms with Crippen LogP contribution in [0.5, 0.6) is 0 Å². The van der Waals surface area contributed by atoms with E-state index in [1.165, 1.54) is 50.8 Å². The van der Waals surface area contributed by atoms with Crippen LogP contribution in [0.4, 0.5) is 9.18 Å². The Labute approximate surface area is 149 Å². The zero-order valence-electron chi connectivity index (χ0n) is 14.8. The van der Waals surface area contributed by atoms with E-state index in [1.807, 2.05) is 4.90 Å². The van der Waals surface area contributed by atoms with Gasteiger partial charge < -0.3 is 15.1 Å². The maximum atomic E-state index is 13.1. The number of halogens is 1. The molecule has 2 saturated carbocycles. The SMILES string of the molecule is O=C(NC[C@H]1CCN(C2CC2)C1)N(Cc1ccc(F)cc1)CC1CC1. The predicted octanol–water partition coefficient (Wildman–Crippen LogP) is 3.23. The van der Waals surface area contributed by atoms with Crippen LogP contribution >= 0.6 is 0 Å². The third-order valence-corrected chi connectivity index (χ3v) is 5.67. The molecule has 0 unspecified atom stereocenters. The normalized spacial score (nSPS) is 23.6. The second-order valence-electron chi connectivity index (χ2n) is 8.02. The molecule has 4 nitrogen and oxygen atoms in total. The van der Waals surface area contributed by atoms with Gasteiger partial charge in [0.1, 0.15) is 5.82 Å². The molecule has 2 amide bonds. The van der Waals surface area contributed by atoms with Gasteiger partial charge in [-0.1, -0.05) is 12.1 Å². The number of likely N-dealkylation sites (tertiary alicyclic amines) is 1. The Hall–Kier alpha value is -1.62. The van der Waals surface area contributed by atoms with Gasteiger partial charge in [0.15, 0.2) is 0 Å². The number of carbonyl (C=O) groups is 1. The first-order chi connectivity index (χ1) is 12.2. The third kappa shape index (κ3) is 4.72. The van der Waals surface area contributed by atoms with Crippen LogP contribution in [-0.4, -0.2) is 48.1 Å². The Morgan fingerprint density at radius 3 is 2.56 bits per heavy atom. The number of amides is 2. The molecule has 1 aromatic carbocycles. The largest absolute Gasteiger partial charge is 0.338 e. The van der Waals surface area contributed by atoms with Crippen molar-refractivity contribution < 1.29 is 9.18 Å². The maximum absolute atomic E-state index is 13.1. The highest BCUT2D eigenvalue weighted by molar-refractivity contribution is 5.74. The Morgan fingerprint density at radius 1 is 1.12 bits per heavy atom. The number of urea groups is 1. The number of hydrogen-bond acceptors (Lipinski definition) is 2. The highest BCUT2D eigenvalue weighted by Gasteiger charge is 2.34. The molecule has 0 spiro atoms. The zero-order chi connectivity index (χ0) is 17.2. The average Bonchev–Trinajstić information content (AvgIpc) is 3.54. The fourth-order valence-electron chi connectivity index (χ4n) is 3.79. The first kappa shape index (κ1) is 16.8. The van der Waals surface area contributed by atoms with Gasteiger partial charge in [0.25, 0.3) is 0 Å². The molecule has 5 heteroatoms. The zero-order valence-corrected chi connectivity index (χ0v) is 14.8. The number of nitrogens with one attached hydrogen (secondary N) is 1.